The molecule has 0 atom stereocenters. The van der Waals surface area contributed by atoms with Crippen molar-refractivity contribution in [3.63, 3.8) is 0 Å². The van der Waals surface area contributed by atoms with Crippen LogP contribution in [-0.2, 0) is 4.79 Å². The zero-order valence-electron chi connectivity index (χ0n) is 7.87. The molecule has 0 heterocycles. The average molecular weight is 165 g/mol. The van der Waals surface area contributed by atoms with Crippen molar-refractivity contribution >= 4 is 6.29 Å². The predicted molar refractivity (Wildman–Crippen MR) is 51.8 cm³/mol. The molecule has 0 radical (unpaired) electrons. The third-order valence-electron chi connectivity index (χ3n) is 1.50. The lowest BCUT2D eigenvalue weighted by atomic mass is 10.3. The minimum Gasteiger partial charge on any atom is -0.381 e. The third kappa shape index (κ3) is 4.50. The van der Waals surface area contributed by atoms with E-state index in [1.807, 2.05) is 38.1 Å². The largest absolute Gasteiger partial charge is 0.381 e. The second-order valence-electron chi connectivity index (χ2n) is 2.75. The maximum absolute atomic E-state index is 10.1. The van der Waals surface area contributed by atoms with Crippen LogP contribution in [-0.4, -0.2) is 25.3 Å². The summed E-state index contributed by atoms with van der Waals surface area (Å²) in [6, 6.07) is 0. The number of carbonyl (C=O) groups is 1. The zero-order valence-corrected chi connectivity index (χ0v) is 7.87. The second kappa shape index (κ2) is 5.35. The molecule has 0 aliphatic rings. The SMILES string of the molecule is C=C(C=O)/C=C\C=C(/C)N(C)C. The molecule has 2 heteroatoms. The van der Waals surface area contributed by atoms with Gasteiger partial charge in [-0.2, -0.15) is 0 Å². The van der Waals surface area contributed by atoms with E-state index in [-0.39, 0.29) is 0 Å². The van der Waals surface area contributed by atoms with E-state index in [4.69, 9.17) is 0 Å². The van der Waals surface area contributed by atoms with E-state index in [2.05, 4.69) is 6.58 Å². The summed E-state index contributed by atoms with van der Waals surface area (Å²) < 4.78 is 0. The number of rotatable bonds is 4. The van der Waals surface area contributed by atoms with Crippen LogP contribution < -0.4 is 0 Å². The summed E-state index contributed by atoms with van der Waals surface area (Å²) in [6.45, 7) is 5.51. The van der Waals surface area contributed by atoms with Gasteiger partial charge in [0.1, 0.15) is 6.29 Å². The van der Waals surface area contributed by atoms with Crippen molar-refractivity contribution in [2.24, 2.45) is 0 Å². The van der Waals surface area contributed by atoms with Gasteiger partial charge < -0.3 is 4.90 Å². The van der Waals surface area contributed by atoms with Crippen molar-refractivity contribution in [1.29, 1.82) is 0 Å². The number of nitrogens with zero attached hydrogens (tertiary/aromatic N) is 1. The molecule has 0 spiro atoms. The van der Waals surface area contributed by atoms with Crippen molar-refractivity contribution in [2.45, 2.75) is 6.92 Å². The molecule has 0 amide bonds. The molecule has 0 fully saturated rings. The van der Waals surface area contributed by atoms with Crippen LogP contribution >= 0.6 is 0 Å². The summed E-state index contributed by atoms with van der Waals surface area (Å²) in [5, 5.41) is 0. The topological polar surface area (TPSA) is 20.3 Å². The molecule has 0 saturated carbocycles. The van der Waals surface area contributed by atoms with Crippen LogP contribution in [0.25, 0.3) is 0 Å². The van der Waals surface area contributed by atoms with Gasteiger partial charge >= 0.3 is 0 Å². The van der Waals surface area contributed by atoms with E-state index in [0.29, 0.717) is 5.57 Å². The molecule has 0 bridgehead atoms. The van der Waals surface area contributed by atoms with Gasteiger partial charge in [-0.25, -0.2) is 0 Å². The van der Waals surface area contributed by atoms with Gasteiger partial charge in [0.25, 0.3) is 0 Å². The molecule has 0 unspecified atom stereocenters. The van der Waals surface area contributed by atoms with Crippen LogP contribution in [0.15, 0.2) is 36.1 Å². The second-order valence-corrected chi connectivity index (χ2v) is 2.75. The van der Waals surface area contributed by atoms with Crippen LogP contribution in [0.5, 0.6) is 0 Å². The third-order valence-corrected chi connectivity index (χ3v) is 1.50. The van der Waals surface area contributed by atoms with Crippen molar-refractivity contribution < 1.29 is 4.79 Å². The summed E-state index contributed by atoms with van der Waals surface area (Å²) in [5.74, 6) is 0. The highest BCUT2D eigenvalue weighted by atomic mass is 16.1. The quantitative estimate of drug-likeness (QED) is 0.359. The minimum atomic E-state index is 0.484. The molecule has 0 saturated heterocycles. The Morgan fingerprint density at radius 2 is 2.00 bits per heavy atom. The van der Waals surface area contributed by atoms with Crippen LogP contribution in [0.1, 0.15) is 6.92 Å². The van der Waals surface area contributed by atoms with Crippen molar-refractivity contribution in [2.75, 3.05) is 14.1 Å². The minimum absolute atomic E-state index is 0.484. The van der Waals surface area contributed by atoms with Crippen LogP contribution in [0, 0.1) is 0 Å². The Morgan fingerprint density at radius 1 is 1.42 bits per heavy atom. The standard InChI is InChI=1S/C10H15NO/c1-9(8-12)6-5-7-10(2)11(3)4/h5-8H,1H2,2-4H3/b6-5-,10-7+. The molecule has 0 rings (SSSR count). The van der Waals surface area contributed by atoms with E-state index in [9.17, 15) is 4.79 Å². The lowest BCUT2D eigenvalue weighted by Gasteiger charge is -2.10. The Kier molecular flexibility index (Phi) is 4.77. The van der Waals surface area contributed by atoms with Gasteiger partial charge in [0.05, 0.1) is 0 Å². The Labute approximate surface area is 73.9 Å². The first-order chi connectivity index (χ1) is 5.57. The summed E-state index contributed by atoms with van der Waals surface area (Å²) in [7, 11) is 3.93. The summed E-state index contributed by atoms with van der Waals surface area (Å²) >= 11 is 0. The Bertz CT molecular complexity index is 224. The van der Waals surface area contributed by atoms with E-state index in [1.165, 1.54) is 0 Å². The molecular formula is C10H15NO. The fraction of sp³-hybridized carbons (Fsp3) is 0.300. The molecule has 0 aromatic heterocycles. The molecule has 66 valence electrons. The van der Waals surface area contributed by atoms with Gasteiger partial charge in [-0.05, 0) is 13.0 Å². The summed E-state index contributed by atoms with van der Waals surface area (Å²) in [5.41, 5.74) is 1.61. The smallest absolute Gasteiger partial charge is 0.149 e. The maximum atomic E-state index is 10.1. The maximum Gasteiger partial charge on any atom is 0.149 e. The number of hydrogen-bond donors (Lipinski definition) is 0. The van der Waals surface area contributed by atoms with Crippen molar-refractivity contribution in [3.05, 3.63) is 36.1 Å². The highest BCUT2D eigenvalue weighted by Gasteiger charge is 1.86. The predicted octanol–water partition coefficient (Wildman–Crippen LogP) is 1.76. The molecule has 0 aliphatic carbocycles. The average Bonchev–Trinajstić information content (AvgIpc) is 2.03. The number of aldehydes is 1. The first-order valence-corrected chi connectivity index (χ1v) is 3.74. The van der Waals surface area contributed by atoms with Crippen molar-refractivity contribution in [3.8, 4) is 0 Å². The van der Waals surface area contributed by atoms with Gasteiger partial charge in [-0.1, -0.05) is 18.7 Å². The molecule has 2 nitrogen and oxygen atoms in total. The highest BCUT2D eigenvalue weighted by Crippen LogP contribution is 1.97. The number of carbonyl (C=O) groups excluding carboxylic acids is 1. The fourth-order valence-electron chi connectivity index (χ4n) is 0.499. The molecular weight excluding hydrogens is 150 g/mol. The number of allylic oxidation sites excluding steroid dienone is 5. The Hall–Kier alpha value is -1.31. The van der Waals surface area contributed by atoms with Gasteiger partial charge in [0.2, 0.25) is 0 Å². The fourth-order valence-corrected chi connectivity index (χ4v) is 0.499. The summed E-state index contributed by atoms with van der Waals surface area (Å²) in [6.07, 6.45) is 6.15. The van der Waals surface area contributed by atoms with Gasteiger partial charge in [-0.15, -0.1) is 0 Å². The first-order valence-electron chi connectivity index (χ1n) is 3.74. The van der Waals surface area contributed by atoms with E-state index in [1.54, 1.807) is 6.08 Å². The van der Waals surface area contributed by atoms with Crippen LogP contribution in [0.4, 0.5) is 0 Å². The Balaban J connectivity index is 4.11. The van der Waals surface area contributed by atoms with E-state index in [0.717, 1.165) is 12.0 Å². The van der Waals surface area contributed by atoms with Gasteiger partial charge in [-0.3, -0.25) is 4.79 Å². The zero-order chi connectivity index (χ0) is 9.56. The molecule has 0 aromatic carbocycles. The van der Waals surface area contributed by atoms with Crippen LogP contribution in [0.2, 0.25) is 0 Å². The molecule has 12 heavy (non-hydrogen) atoms. The Morgan fingerprint density at radius 3 is 2.42 bits per heavy atom. The molecule has 0 aromatic rings. The van der Waals surface area contributed by atoms with Crippen LogP contribution in [0.3, 0.4) is 0 Å². The number of hydrogen-bond acceptors (Lipinski definition) is 2. The van der Waals surface area contributed by atoms with Crippen molar-refractivity contribution in [1.82, 2.24) is 4.90 Å². The van der Waals surface area contributed by atoms with Gasteiger partial charge in [0, 0.05) is 25.4 Å². The first kappa shape index (κ1) is 10.7. The monoisotopic (exact) mass is 165 g/mol. The highest BCUT2D eigenvalue weighted by molar-refractivity contribution is 5.76. The lowest BCUT2D eigenvalue weighted by molar-refractivity contribution is -0.104. The van der Waals surface area contributed by atoms with E-state index >= 15 is 0 Å². The molecule has 0 aliphatic heterocycles. The molecule has 0 N–H and O–H groups in total. The normalized spacial score (nSPS) is 11.8. The lowest BCUT2D eigenvalue weighted by Crippen LogP contribution is -2.07. The van der Waals surface area contributed by atoms with Gasteiger partial charge in [0.15, 0.2) is 0 Å². The summed E-state index contributed by atoms with van der Waals surface area (Å²) in [4.78, 5) is 12.1. The van der Waals surface area contributed by atoms with E-state index < -0.39 is 0 Å².